The van der Waals surface area contributed by atoms with Crippen molar-refractivity contribution in [2.75, 3.05) is 18.1 Å². The molecule has 2 aliphatic rings. The first-order valence-electron chi connectivity index (χ1n) is 10.4. The van der Waals surface area contributed by atoms with E-state index >= 15 is 0 Å². The molecule has 2 aromatic rings. The molecule has 2 fully saturated rings. The van der Waals surface area contributed by atoms with Crippen molar-refractivity contribution in [3.05, 3.63) is 41.3 Å². The van der Waals surface area contributed by atoms with E-state index in [2.05, 4.69) is 20.8 Å². The predicted octanol–water partition coefficient (Wildman–Crippen LogP) is 3.20. The van der Waals surface area contributed by atoms with Gasteiger partial charge >= 0.3 is 0 Å². The minimum Gasteiger partial charge on any atom is -0.507 e. The zero-order valence-electron chi connectivity index (χ0n) is 17.1. The highest BCUT2D eigenvalue weighted by molar-refractivity contribution is 7.93. The Hall–Kier alpha value is -2.45. The first-order valence-corrected chi connectivity index (χ1v) is 12.4. The van der Waals surface area contributed by atoms with E-state index in [1.807, 2.05) is 12.1 Å². The maximum Gasteiger partial charge on any atom is 0.168 e. The third kappa shape index (κ3) is 5.37. The average Bonchev–Trinajstić information content (AvgIpc) is 2.71. The number of sulfone groups is 1. The second-order valence-corrected chi connectivity index (χ2v) is 10.4. The van der Waals surface area contributed by atoms with Crippen molar-refractivity contribution in [3.63, 3.8) is 0 Å². The van der Waals surface area contributed by atoms with Gasteiger partial charge in [0.05, 0.1) is 5.69 Å². The highest BCUT2D eigenvalue weighted by atomic mass is 32.2. The van der Waals surface area contributed by atoms with Gasteiger partial charge in [0.25, 0.3) is 0 Å². The summed E-state index contributed by atoms with van der Waals surface area (Å²) in [6.45, 7) is 0.898. The van der Waals surface area contributed by atoms with E-state index in [0.29, 0.717) is 34.8 Å². The standard InChI is InChI=1S/C22H28N4O3S/c1-30(28,29)10-9-15-5-6-19(21(27)13-15)20-7-8-22(26-25-20)23-14-16-11-17-3-2-4-18(12-16)24-17/h5-10,13,16-18,24,27H,2-4,11-12,14H2,1H3,(H,23,26)/b10-9+. The second kappa shape index (κ2) is 8.73. The van der Waals surface area contributed by atoms with Gasteiger partial charge in [-0.05, 0) is 67.5 Å². The van der Waals surface area contributed by atoms with E-state index in [4.69, 9.17) is 0 Å². The number of hydrogen-bond donors (Lipinski definition) is 3. The summed E-state index contributed by atoms with van der Waals surface area (Å²) < 4.78 is 22.5. The lowest BCUT2D eigenvalue weighted by Crippen LogP contribution is -2.49. The van der Waals surface area contributed by atoms with Crippen molar-refractivity contribution in [1.82, 2.24) is 15.5 Å². The summed E-state index contributed by atoms with van der Waals surface area (Å²) in [7, 11) is -3.22. The topological polar surface area (TPSA) is 104 Å². The maximum atomic E-state index is 11.2. The Morgan fingerprint density at radius 1 is 1.17 bits per heavy atom. The number of phenols is 1. The Morgan fingerprint density at radius 3 is 2.57 bits per heavy atom. The summed E-state index contributed by atoms with van der Waals surface area (Å²) >= 11 is 0. The number of hydrogen-bond acceptors (Lipinski definition) is 7. The molecule has 2 aliphatic heterocycles. The van der Waals surface area contributed by atoms with Crippen LogP contribution in [0.2, 0.25) is 0 Å². The molecular weight excluding hydrogens is 400 g/mol. The number of fused-ring (bicyclic) bond motifs is 2. The van der Waals surface area contributed by atoms with Crippen LogP contribution >= 0.6 is 0 Å². The molecule has 0 aliphatic carbocycles. The van der Waals surface area contributed by atoms with E-state index in [1.54, 1.807) is 12.1 Å². The van der Waals surface area contributed by atoms with Crippen molar-refractivity contribution in [3.8, 4) is 17.0 Å². The number of piperidine rings is 2. The number of aromatic hydroxyl groups is 1. The van der Waals surface area contributed by atoms with E-state index in [9.17, 15) is 13.5 Å². The number of nitrogens with one attached hydrogen (secondary N) is 2. The molecule has 160 valence electrons. The number of nitrogens with zero attached hydrogens (tertiary/aromatic N) is 2. The van der Waals surface area contributed by atoms with Gasteiger partial charge in [0.1, 0.15) is 11.6 Å². The van der Waals surface area contributed by atoms with Crippen LogP contribution in [0, 0.1) is 5.92 Å². The molecule has 3 heterocycles. The molecule has 2 bridgehead atoms. The zero-order chi connectivity index (χ0) is 21.1. The predicted molar refractivity (Wildman–Crippen MR) is 119 cm³/mol. The Balaban J connectivity index is 1.38. The third-order valence-corrected chi connectivity index (χ3v) is 6.48. The Morgan fingerprint density at radius 2 is 1.93 bits per heavy atom. The van der Waals surface area contributed by atoms with Gasteiger partial charge in [0.2, 0.25) is 0 Å². The lowest BCUT2D eigenvalue weighted by atomic mass is 9.80. The SMILES string of the molecule is CS(=O)(=O)/C=C/c1ccc(-c2ccc(NCC3CC4CCCC(C3)N4)nn2)c(O)c1. The van der Waals surface area contributed by atoms with Crippen molar-refractivity contribution < 1.29 is 13.5 Å². The second-order valence-electron chi connectivity index (χ2n) is 8.42. The van der Waals surface area contributed by atoms with Crippen LogP contribution in [-0.2, 0) is 9.84 Å². The van der Waals surface area contributed by atoms with Crippen molar-refractivity contribution in [2.45, 2.75) is 44.2 Å². The maximum absolute atomic E-state index is 11.2. The van der Waals surface area contributed by atoms with Gasteiger partial charge in [-0.3, -0.25) is 0 Å². The van der Waals surface area contributed by atoms with Gasteiger partial charge in [-0.2, -0.15) is 0 Å². The first-order chi connectivity index (χ1) is 14.4. The van der Waals surface area contributed by atoms with Crippen LogP contribution in [0.4, 0.5) is 5.82 Å². The summed E-state index contributed by atoms with van der Waals surface area (Å²) in [5, 5.41) is 27.1. The lowest BCUT2D eigenvalue weighted by molar-refractivity contribution is 0.192. The van der Waals surface area contributed by atoms with E-state index in [1.165, 1.54) is 44.2 Å². The Labute approximate surface area is 177 Å². The van der Waals surface area contributed by atoms with E-state index < -0.39 is 9.84 Å². The van der Waals surface area contributed by atoms with Crippen molar-refractivity contribution in [1.29, 1.82) is 0 Å². The van der Waals surface area contributed by atoms with Gasteiger partial charge in [-0.25, -0.2) is 8.42 Å². The molecule has 3 N–H and O–H groups in total. The Bertz CT molecular complexity index is 1010. The molecule has 2 unspecified atom stereocenters. The molecule has 1 aromatic carbocycles. The molecule has 0 amide bonds. The van der Waals surface area contributed by atoms with Gasteiger partial charge < -0.3 is 15.7 Å². The number of rotatable bonds is 6. The lowest BCUT2D eigenvalue weighted by Gasteiger charge is -2.40. The molecule has 1 aromatic heterocycles. The normalized spacial score (nSPS) is 24.1. The van der Waals surface area contributed by atoms with Crippen LogP contribution in [0.15, 0.2) is 35.7 Å². The van der Waals surface area contributed by atoms with Crippen LogP contribution in [0.5, 0.6) is 5.75 Å². The summed E-state index contributed by atoms with van der Waals surface area (Å²) in [5.41, 5.74) is 1.71. The third-order valence-electron chi connectivity index (χ3n) is 5.85. The Kier molecular flexibility index (Phi) is 6.06. The van der Waals surface area contributed by atoms with Gasteiger partial charge in [-0.1, -0.05) is 12.5 Å². The summed E-state index contributed by atoms with van der Waals surface area (Å²) in [6.07, 6.45) is 8.91. The van der Waals surface area contributed by atoms with Crippen LogP contribution in [0.25, 0.3) is 17.3 Å². The largest absolute Gasteiger partial charge is 0.507 e. The van der Waals surface area contributed by atoms with Gasteiger partial charge in [0, 0.05) is 35.9 Å². The smallest absolute Gasteiger partial charge is 0.168 e. The number of phenolic OH excluding ortho intramolecular Hbond substituents is 1. The number of benzene rings is 1. The van der Waals surface area contributed by atoms with E-state index in [-0.39, 0.29) is 5.75 Å². The van der Waals surface area contributed by atoms with Crippen molar-refractivity contribution >= 4 is 21.7 Å². The molecule has 0 saturated carbocycles. The first kappa shape index (κ1) is 20.8. The molecule has 2 atom stereocenters. The molecule has 0 radical (unpaired) electrons. The molecule has 2 saturated heterocycles. The quantitative estimate of drug-likeness (QED) is 0.649. The fraction of sp³-hybridized carbons (Fsp3) is 0.455. The highest BCUT2D eigenvalue weighted by Gasteiger charge is 2.30. The summed E-state index contributed by atoms with van der Waals surface area (Å²) in [4.78, 5) is 0. The van der Waals surface area contributed by atoms with Gasteiger partial charge in [0.15, 0.2) is 9.84 Å². The van der Waals surface area contributed by atoms with Crippen LogP contribution < -0.4 is 10.6 Å². The van der Waals surface area contributed by atoms with E-state index in [0.717, 1.165) is 24.0 Å². The molecule has 7 nitrogen and oxygen atoms in total. The highest BCUT2D eigenvalue weighted by Crippen LogP contribution is 2.31. The summed E-state index contributed by atoms with van der Waals surface area (Å²) in [6, 6.07) is 9.99. The number of aromatic nitrogens is 2. The molecular formula is C22H28N4O3S. The summed E-state index contributed by atoms with van der Waals surface area (Å²) in [5.74, 6) is 1.41. The monoisotopic (exact) mass is 428 g/mol. The molecule has 4 rings (SSSR count). The molecule has 8 heteroatoms. The van der Waals surface area contributed by atoms with Gasteiger partial charge in [-0.15, -0.1) is 10.2 Å². The minimum atomic E-state index is -3.22. The fourth-order valence-corrected chi connectivity index (χ4v) is 4.84. The zero-order valence-corrected chi connectivity index (χ0v) is 17.9. The molecule has 30 heavy (non-hydrogen) atoms. The van der Waals surface area contributed by atoms with Crippen LogP contribution in [0.1, 0.15) is 37.7 Å². The number of anilines is 1. The molecule has 0 spiro atoms. The van der Waals surface area contributed by atoms with Crippen LogP contribution in [-0.4, -0.2) is 48.6 Å². The van der Waals surface area contributed by atoms with Crippen LogP contribution in [0.3, 0.4) is 0 Å². The average molecular weight is 429 g/mol. The minimum absolute atomic E-state index is 0.0295. The van der Waals surface area contributed by atoms with Crippen molar-refractivity contribution in [2.24, 2.45) is 5.92 Å². The fourth-order valence-electron chi connectivity index (χ4n) is 4.44.